The quantitative estimate of drug-likeness (QED) is 0.214. The van der Waals surface area contributed by atoms with Crippen LogP contribution in [0.5, 0.6) is 17.2 Å². The Morgan fingerprint density at radius 1 is 1.19 bits per heavy atom. The number of fused-ring (bicyclic) bond motifs is 1. The van der Waals surface area contributed by atoms with Gasteiger partial charge in [-0.05, 0) is 31.2 Å². The molecule has 8 heteroatoms. The number of anilines is 1. The molecule has 2 aromatic rings. The third-order valence-electron chi connectivity index (χ3n) is 4.83. The van der Waals surface area contributed by atoms with Crippen molar-refractivity contribution in [2.45, 2.75) is 32.4 Å². The second kappa shape index (κ2) is 12.6. The van der Waals surface area contributed by atoms with Gasteiger partial charge in [0.1, 0.15) is 23.4 Å². The minimum absolute atomic E-state index is 0. The molecule has 0 radical (unpaired) electrons. The van der Waals surface area contributed by atoms with E-state index in [2.05, 4.69) is 28.6 Å². The predicted molar refractivity (Wildman–Crippen MR) is 134 cm³/mol. The molecule has 31 heavy (non-hydrogen) atoms. The van der Waals surface area contributed by atoms with Crippen molar-refractivity contribution < 1.29 is 18.9 Å². The van der Waals surface area contributed by atoms with E-state index < -0.39 is 0 Å². The zero-order valence-corrected chi connectivity index (χ0v) is 20.9. The second-order valence-corrected chi connectivity index (χ2v) is 7.18. The minimum atomic E-state index is 0. The molecule has 1 aliphatic rings. The highest BCUT2D eigenvalue weighted by Gasteiger charge is 2.21. The van der Waals surface area contributed by atoms with E-state index in [4.69, 9.17) is 18.9 Å². The molecule has 170 valence electrons. The number of ether oxygens (including phenoxy) is 4. The summed E-state index contributed by atoms with van der Waals surface area (Å²) < 4.78 is 22.3. The molecule has 0 fully saturated rings. The molecule has 1 atom stereocenters. The maximum atomic E-state index is 5.89. The molecule has 1 heterocycles. The van der Waals surface area contributed by atoms with Crippen molar-refractivity contribution in [2.24, 2.45) is 4.99 Å². The SMILES string of the molecule is CN=C(NCc1cc2c(cc1OC)CC(C)O2)Nc1cccc(OCCCOC)c1.I. The maximum Gasteiger partial charge on any atom is 0.195 e. The Hall–Kier alpha value is -2.20. The van der Waals surface area contributed by atoms with Gasteiger partial charge < -0.3 is 29.6 Å². The van der Waals surface area contributed by atoms with Crippen LogP contribution in [-0.4, -0.2) is 46.5 Å². The first-order valence-corrected chi connectivity index (χ1v) is 10.2. The topological polar surface area (TPSA) is 73.3 Å². The average molecular weight is 541 g/mol. The minimum Gasteiger partial charge on any atom is -0.496 e. The lowest BCUT2D eigenvalue weighted by atomic mass is 10.1. The fraction of sp³-hybridized carbons (Fsp3) is 0.435. The number of hydrogen-bond donors (Lipinski definition) is 2. The largest absolute Gasteiger partial charge is 0.496 e. The molecule has 0 spiro atoms. The molecule has 0 saturated heterocycles. The molecule has 0 bridgehead atoms. The molecule has 0 aromatic heterocycles. The predicted octanol–water partition coefficient (Wildman–Crippen LogP) is 4.24. The van der Waals surface area contributed by atoms with Gasteiger partial charge in [0.15, 0.2) is 5.96 Å². The number of methoxy groups -OCH3 is 2. The van der Waals surface area contributed by atoms with E-state index >= 15 is 0 Å². The number of hydrogen-bond acceptors (Lipinski definition) is 5. The smallest absolute Gasteiger partial charge is 0.195 e. The van der Waals surface area contributed by atoms with E-state index in [0.717, 1.165) is 41.3 Å². The summed E-state index contributed by atoms with van der Waals surface area (Å²) in [5, 5.41) is 6.64. The molecule has 1 unspecified atom stereocenters. The number of aliphatic imine (C=N–C) groups is 1. The van der Waals surface area contributed by atoms with Crippen molar-refractivity contribution in [3.63, 3.8) is 0 Å². The van der Waals surface area contributed by atoms with Gasteiger partial charge in [-0.1, -0.05) is 6.07 Å². The molecular formula is C23H32IN3O4. The van der Waals surface area contributed by atoms with Gasteiger partial charge in [0, 0.05) is 63.0 Å². The first kappa shape index (κ1) is 25.1. The van der Waals surface area contributed by atoms with Gasteiger partial charge in [-0.25, -0.2) is 0 Å². The molecule has 7 nitrogen and oxygen atoms in total. The van der Waals surface area contributed by atoms with E-state index in [-0.39, 0.29) is 30.1 Å². The lowest BCUT2D eigenvalue weighted by Gasteiger charge is -2.15. The summed E-state index contributed by atoms with van der Waals surface area (Å²) in [5.74, 6) is 3.24. The van der Waals surface area contributed by atoms with Crippen LogP contribution in [0.2, 0.25) is 0 Å². The normalized spacial score (nSPS) is 14.8. The van der Waals surface area contributed by atoms with Gasteiger partial charge in [-0.15, -0.1) is 24.0 Å². The summed E-state index contributed by atoms with van der Waals surface area (Å²) in [7, 11) is 5.12. The van der Waals surface area contributed by atoms with Crippen LogP contribution in [0, 0.1) is 0 Å². The molecule has 0 saturated carbocycles. The molecular weight excluding hydrogens is 509 g/mol. The Bertz CT molecular complexity index is 876. The van der Waals surface area contributed by atoms with Crippen molar-refractivity contribution in [3.05, 3.63) is 47.5 Å². The van der Waals surface area contributed by atoms with Crippen molar-refractivity contribution in [1.29, 1.82) is 0 Å². The van der Waals surface area contributed by atoms with Crippen molar-refractivity contribution in [1.82, 2.24) is 5.32 Å². The standard InChI is InChI=1S/C23H31N3O4.HI/c1-16-11-17-12-21(28-4)18(13-22(17)30-16)15-25-23(24-2)26-19-7-5-8-20(14-19)29-10-6-9-27-3;/h5,7-8,12-14,16H,6,9-11,15H2,1-4H3,(H2,24,25,26);1H. The fourth-order valence-electron chi connectivity index (χ4n) is 3.36. The van der Waals surface area contributed by atoms with Gasteiger partial charge in [0.2, 0.25) is 0 Å². The highest BCUT2D eigenvalue weighted by atomic mass is 127. The van der Waals surface area contributed by atoms with E-state index in [1.807, 2.05) is 30.3 Å². The van der Waals surface area contributed by atoms with E-state index in [9.17, 15) is 0 Å². The van der Waals surface area contributed by atoms with Gasteiger partial charge in [0.25, 0.3) is 0 Å². The second-order valence-electron chi connectivity index (χ2n) is 7.18. The van der Waals surface area contributed by atoms with Crippen LogP contribution in [0.25, 0.3) is 0 Å². The number of nitrogens with zero attached hydrogens (tertiary/aromatic N) is 1. The molecule has 0 aliphatic carbocycles. The highest BCUT2D eigenvalue weighted by Crippen LogP contribution is 2.34. The molecule has 2 N–H and O–H groups in total. The summed E-state index contributed by atoms with van der Waals surface area (Å²) >= 11 is 0. The van der Waals surface area contributed by atoms with E-state index in [0.29, 0.717) is 25.7 Å². The van der Waals surface area contributed by atoms with Crippen molar-refractivity contribution in [2.75, 3.05) is 39.8 Å². The van der Waals surface area contributed by atoms with Crippen LogP contribution in [0.1, 0.15) is 24.5 Å². The highest BCUT2D eigenvalue weighted by molar-refractivity contribution is 14.0. The Labute approximate surface area is 201 Å². The summed E-state index contributed by atoms with van der Waals surface area (Å²) in [6.07, 6.45) is 1.96. The molecule has 1 aliphatic heterocycles. The van der Waals surface area contributed by atoms with Crippen LogP contribution in [0.15, 0.2) is 41.4 Å². The van der Waals surface area contributed by atoms with Crippen LogP contribution in [-0.2, 0) is 17.7 Å². The Kier molecular flexibility index (Phi) is 10.2. The molecule has 2 aromatic carbocycles. The number of halogens is 1. The Morgan fingerprint density at radius 2 is 2.03 bits per heavy atom. The number of guanidine groups is 1. The third-order valence-corrected chi connectivity index (χ3v) is 4.83. The zero-order valence-electron chi connectivity index (χ0n) is 18.6. The lowest BCUT2D eigenvalue weighted by Crippen LogP contribution is -2.30. The Balaban J connectivity index is 0.00000341. The molecule has 0 amide bonds. The number of benzene rings is 2. The lowest BCUT2D eigenvalue weighted by molar-refractivity contribution is 0.172. The van der Waals surface area contributed by atoms with Crippen LogP contribution < -0.4 is 24.8 Å². The summed E-state index contributed by atoms with van der Waals surface area (Å²) in [4.78, 5) is 4.32. The van der Waals surface area contributed by atoms with Gasteiger partial charge in [0.05, 0.1) is 13.7 Å². The van der Waals surface area contributed by atoms with Crippen LogP contribution in [0.4, 0.5) is 5.69 Å². The van der Waals surface area contributed by atoms with Crippen molar-refractivity contribution >= 4 is 35.6 Å². The van der Waals surface area contributed by atoms with Crippen LogP contribution >= 0.6 is 24.0 Å². The first-order valence-electron chi connectivity index (χ1n) is 10.2. The maximum absolute atomic E-state index is 5.89. The van der Waals surface area contributed by atoms with Crippen molar-refractivity contribution in [3.8, 4) is 17.2 Å². The fourth-order valence-corrected chi connectivity index (χ4v) is 3.36. The zero-order chi connectivity index (χ0) is 21.3. The summed E-state index contributed by atoms with van der Waals surface area (Å²) in [6.45, 7) is 3.93. The Morgan fingerprint density at radius 3 is 2.77 bits per heavy atom. The average Bonchev–Trinajstić information content (AvgIpc) is 3.12. The van der Waals surface area contributed by atoms with E-state index in [1.54, 1.807) is 21.3 Å². The summed E-state index contributed by atoms with van der Waals surface area (Å²) in [5.41, 5.74) is 3.10. The van der Waals surface area contributed by atoms with Crippen LogP contribution in [0.3, 0.4) is 0 Å². The van der Waals surface area contributed by atoms with Gasteiger partial charge in [-0.3, -0.25) is 4.99 Å². The number of nitrogens with one attached hydrogen (secondary N) is 2. The summed E-state index contributed by atoms with van der Waals surface area (Å²) in [6, 6.07) is 11.9. The van der Waals surface area contributed by atoms with Gasteiger partial charge >= 0.3 is 0 Å². The molecule has 3 rings (SSSR count). The monoisotopic (exact) mass is 541 g/mol. The first-order chi connectivity index (χ1) is 14.6. The van der Waals surface area contributed by atoms with E-state index in [1.165, 1.54) is 5.56 Å². The van der Waals surface area contributed by atoms with Gasteiger partial charge in [-0.2, -0.15) is 0 Å². The number of rotatable bonds is 9. The third kappa shape index (κ3) is 7.17.